The fourth-order valence-electron chi connectivity index (χ4n) is 0.908. The van der Waals surface area contributed by atoms with Crippen LogP contribution in [0.5, 0.6) is 0 Å². The van der Waals surface area contributed by atoms with Crippen LogP contribution >= 0.6 is 11.8 Å². The number of benzene rings is 1. The molecule has 2 N–H and O–H groups in total. The molecule has 3 nitrogen and oxygen atoms in total. The van der Waals surface area contributed by atoms with E-state index in [-0.39, 0.29) is 4.90 Å². The van der Waals surface area contributed by atoms with Crippen LogP contribution in [0.3, 0.4) is 0 Å². The van der Waals surface area contributed by atoms with Gasteiger partial charge in [-0.25, -0.2) is 13.6 Å². The lowest BCUT2D eigenvalue weighted by atomic mass is 10.4. The highest BCUT2D eigenvalue weighted by atomic mass is 32.2. The molecule has 0 unspecified atom stereocenters. The van der Waals surface area contributed by atoms with Crippen LogP contribution < -0.4 is 5.14 Å². The Morgan fingerprint density at radius 1 is 1.46 bits per heavy atom. The van der Waals surface area contributed by atoms with E-state index in [1.54, 1.807) is 23.9 Å². The molecule has 0 saturated carbocycles. The van der Waals surface area contributed by atoms with E-state index >= 15 is 0 Å². The molecular weight excluding hydrogens is 206 g/mol. The van der Waals surface area contributed by atoms with Crippen LogP contribution in [0.4, 0.5) is 0 Å². The second-order valence-electron chi connectivity index (χ2n) is 2.45. The zero-order chi connectivity index (χ0) is 9.90. The molecule has 72 valence electrons. The molecular formula is C8H11NO2S2. The third-order valence-electron chi connectivity index (χ3n) is 1.45. The van der Waals surface area contributed by atoms with Crippen molar-refractivity contribution in [3.8, 4) is 0 Å². The Morgan fingerprint density at radius 3 is 2.69 bits per heavy atom. The predicted molar refractivity (Wildman–Crippen MR) is 54.2 cm³/mol. The Labute approximate surface area is 82.4 Å². The quantitative estimate of drug-likeness (QED) is 0.779. The summed E-state index contributed by atoms with van der Waals surface area (Å²) in [5, 5.41) is 4.98. The minimum absolute atomic E-state index is 0.172. The number of hydrogen-bond acceptors (Lipinski definition) is 3. The number of nitrogens with two attached hydrogens (primary N) is 1. The third-order valence-corrected chi connectivity index (χ3v) is 3.23. The maximum atomic E-state index is 11.0. The summed E-state index contributed by atoms with van der Waals surface area (Å²) in [4.78, 5) is 1.10. The summed E-state index contributed by atoms with van der Waals surface area (Å²) in [6, 6.07) is 6.64. The Hall–Kier alpha value is -0.520. The highest BCUT2D eigenvalue weighted by Gasteiger charge is 2.07. The van der Waals surface area contributed by atoms with Gasteiger partial charge in [-0.3, -0.25) is 0 Å². The minimum Gasteiger partial charge on any atom is -0.225 e. The van der Waals surface area contributed by atoms with Crippen LogP contribution in [0.15, 0.2) is 34.1 Å². The van der Waals surface area contributed by atoms with Gasteiger partial charge in [-0.15, -0.1) is 11.8 Å². The van der Waals surface area contributed by atoms with Gasteiger partial charge in [0.2, 0.25) is 10.0 Å². The number of primary sulfonamides is 1. The largest absolute Gasteiger partial charge is 0.238 e. The first-order valence-corrected chi connectivity index (χ1v) is 6.33. The van der Waals surface area contributed by atoms with Crippen molar-refractivity contribution >= 4 is 21.8 Å². The van der Waals surface area contributed by atoms with Gasteiger partial charge < -0.3 is 0 Å². The fourth-order valence-corrected chi connectivity index (χ4v) is 2.26. The van der Waals surface area contributed by atoms with E-state index in [1.165, 1.54) is 6.07 Å². The number of thioether (sulfide) groups is 1. The average molecular weight is 217 g/mol. The molecule has 0 atom stereocenters. The van der Waals surface area contributed by atoms with Crippen LogP contribution in [0.25, 0.3) is 0 Å². The van der Waals surface area contributed by atoms with Gasteiger partial charge >= 0.3 is 0 Å². The fraction of sp³-hybridized carbons (Fsp3) is 0.250. The summed E-state index contributed by atoms with van der Waals surface area (Å²) in [6.45, 7) is 2.01. The highest BCUT2D eigenvalue weighted by molar-refractivity contribution is 7.99. The average Bonchev–Trinajstić information content (AvgIpc) is 2.04. The van der Waals surface area contributed by atoms with E-state index in [4.69, 9.17) is 5.14 Å². The summed E-state index contributed by atoms with van der Waals surface area (Å²) in [5.74, 6) is 0.911. The summed E-state index contributed by atoms with van der Waals surface area (Å²) in [6.07, 6.45) is 0. The molecule has 0 spiro atoms. The summed E-state index contributed by atoms with van der Waals surface area (Å²) >= 11 is 1.59. The Morgan fingerprint density at radius 2 is 2.15 bits per heavy atom. The van der Waals surface area contributed by atoms with Crippen LogP contribution in [-0.2, 0) is 10.0 Å². The Bertz CT molecular complexity index is 387. The van der Waals surface area contributed by atoms with E-state index < -0.39 is 10.0 Å². The van der Waals surface area contributed by atoms with Gasteiger partial charge in [-0.2, -0.15) is 0 Å². The molecule has 1 aromatic rings. The monoisotopic (exact) mass is 217 g/mol. The summed E-state index contributed by atoms with van der Waals surface area (Å²) in [5.41, 5.74) is 0. The predicted octanol–water partition coefficient (Wildman–Crippen LogP) is 1.45. The molecule has 0 bridgehead atoms. The maximum Gasteiger partial charge on any atom is 0.238 e. The third kappa shape index (κ3) is 3.02. The van der Waals surface area contributed by atoms with Crippen molar-refractivity contribution in [2.75, 3.05) is 5.75 Å². The number of hydrogen-bond donors (Lipinski definition) is 1. The van der Waals surface area contributed by atoms with Gasteiger partial charge in [-0.1, -0.05) is 13.0 Å². The van der Waals surface area contributed by atoms with Crippen molar-refractivity contribution in [3.63, 3.8) is 0 Å². The minimum atomic E-state index is -3.56. The topological polar surface area (TPSA) is 60.2 Å². The summed E-state index contributed by atoms with van der Waals surface area (Å²) < 4.78 is 21.9. The van der Waals surface area contributed by atoms with Crippen LogP contribution in [0, 0.1) is 0 Å². The first-order valence-electron chi connectivity index (χ1n) is 3.79. The van der Waals surface area contributed by atoms with E-state index in [0.717, 1.165) is 10.6 Å². The van der Waals surface area contributed by atoms with Crippen molar-refractivity contribution in [1.29, 1.82) is 0 Å². The normalized spacial score (nSPS) is 11.5. The van der Waals surface area contributed by atoms with Crippen molar-refractivity contribution in [2.24, 2.45) is 5.14 Å². The molecule has 0 heterocycles. The van der Waals surface area contributed by atoms with Gasteiger partial charge in [0, 0.05) is 4.90 Å². The van der Waals surface area contributed by atoms with E-state index in [2.05, 4.69) is 0 Å². The Kier molecular flexibility index (Phi) is 3.35. The van der Waals surface area contributed by atoms with Crippen LogP contribution in [-0.4, -0.2) is 14.2 Å². The first-order chi connectivity index (χ1) is 6.04. The molecule has 0 radical (unpaired) electrons. The molecule has 0 aliphatic rings. The molecule has 1 rings (SSSR count). The van der Waals surface area contributed by atoms with E-state index in [9.17, 15) is 8.42 Å². The lowest BCUT2D eigenvalue weighted by Crippen LogP contribution is -2.11. The Balaban J connectivity index is 3.06. The first kappa shape index (κ1) is 10.6. The molecule has 0 aromatic heterocycles. The lowest BCUT2D eigenvalue weighted by molar-refractivity contribution is 0.597. The van der Waals surface area contributed by atoms with Crippen molar-refractivity contribution < 1.29 is 8.42 Å². The lowest BCUT2D eigenvalue weighted by Gasteiger charge is -2.01. The van der Waals surface area contributed by atoms with Crippen molar-refractivity contribution in [3.05, 3.63) is 24.3 Å². The van der Waals surface area contributed by atoms with Crippen molar-refractivity contribution in [2.45, 2.75) is 16.7 Å². The zero-order valence-electron chi connectivity index (χ0n) is 7.23. The summed E-state index contributed by atoms with van der Waals surface area (Å²) in [7, 11) is -3.56. The zero-order valence-corrected chi connectivity index (χ0v) is 8.86. The van der Waals surface area contributed by atoms with Crippen LogP contribution in [0.2, 0.25) is 0 Å². The molecule has 5 heteroatoms. The van der Waals surface area contributed by atoms with E-state index in [0.29, 0.717) is 0 Å². The van der Waals surface area contributed by atoms with Gasteiger partial charge in [0.1, 0.15) is 0 Å². The molecule has 0 saturated heterocycles. The molecule has 0 fully saturated rings. The standard InChI is InChI=1S/C8H11NO2S2/c1-2-12-7-4-3-5-8(6-7)13(9,10)11/h3-6H,2H2,1H3,(H2,9,10,11). The maximum absolute atomic E-state index is 11.0. The second kappa shape index (κ2) is 4.13. The van der Waals surface area contributed by atoms with E-state index in [1.807, 2.05) is 13.0 Å². The molecule has 13 heavy (non-hydrogen) atoms. The van der Waals surface area contributed by atoms with Gasteiger partial charge in [0.05, 0.1) is 4.90 Å². The van der Waals surface area contributed by atoms with Gasteiger partial charge in [0.15, 0.2) is 0 Å². The van der Waals surface area contributed by atoms with Gasteiger partial charge in [-0.05, 0) is 24.0 Å². The van der Waals surface area contributed by atoms with Gasteiger partial charge in [0.25, 0.3) is 0 Å². The van der Waals surface area contributed by atoms with Crippen molar-refractivity contribution in [1.82, 2.24) is 0 Å². The second-order valence-corrected chi connectivity index (χ2v) is 5.35. The smallest absolute Gasteiger partial charge is 0.225 e. The molecule has 0 aliphatic heterocycles. The highest BCUT2D eigenvalue weighted by Crippen LogP contribution is 2.20. The number of sulfonamides is 1. The number of rotatable bonds is 3. The van der Waals surface area contributed by atoms with Crippen LogP contribution in [0.1, 0.15) is 6.92 Å². The molecule has 0 amide bonds. The molecule has 0 aliphatic carbocycles. The molecule has 1 aromatic carbocycles. The SMILES string of the molecule is CCSc1cccc(S(N)(=O)=O)c1.